The van der Waals surface area contributed by atoms with Crippen LogP contribution in [0.3, 0.4) is 0 Å². The SMILES string of the molecule is COc1ccccc1C1CCNC1C. The van der Waals surface area contributed by atoms with Gasteiger partial charge in [0.1, 0.15) is 5.75 Å². The van der Waals surface area contributed by atoms with Gasteiger partial charge in [0.15, 0.2) is 0 Å². The van der Waals surface area contributed by atoms with E-state index >= 15 is 0 Å². The van der Waals surface area contributed by atoms with Gasteiger partial charge in [0.05, 0.1) is 7.11 Å². The van der Waals surface area contributed by atoms with E-state index in [1.54, 1.807) is 7.11 Å². The Balaban J connectivity index is 2.30. The van der Waals surface area contributed by atoms with Crippen molar-refractivity contribution < 1.29 is 4.74 Å². The van der Waals surface area contributed by atoms with Gasteiger partial charge in [-0.05, 0) is 31.5 Å². The zero-order valence-corrected chi connectivity index (χ0v) is 8.79. The highest BCUT2D eigenvalue weighted by Crippen LogP contribution is 2.33. The fourth-order valence-electron chi connectivity index (χ4n) is 2.26. The summed E-state index contributed by atoms with van der Waals surface area (Å²) in [5.74, 6) is 1.62. The molecule has 2 nitrogen and oxygen atoms in total. The molecule has 0 aliphatic carbocycles. The van der Waals surface area contributed by atoms with Crippen LogP contribution in [0.5, 0.6) is 5.75 Å². The molecule has 1 aliphatic rings. The van der Waals surface area contributed by atoms with E-state index < -0.39 is 0 Å². The summed E-state index contributed by atoms with van der Waals surface area (Å²) < 4.78 is 5.38. The van der Waals surface area contributed by atoms with E-state index in [-0.39, 0.29) is 0 Å². The van der Waals surface area contributed by atoms with E-state index in [0.717, 1.165) is 12.3 Å². The first-order valence-corrected chi connectivity index (χ1v) is 5.19. The predicted molar refractivity (Wildman–Crippen MR) is 57.8 cm³/mol. The number of ether oxygens (including phenoxy) is 1. The lowest BCUT2D eigenvalue weighted by Crippen LogP contribution is -2.21. The zero-order valence-electron chi connectivity index (χ0n) is 8.79. The molecule has 2 atom stereocenters. The van der Waals surface area contributed by atoms with E-state index in [1.807, 2.05) is 12.1 Å². The summed E-state index contributed by atoms with van der Waals surface area (Å²) in [4.78, 5) is 0. The van der Waals surface area contributed by atoms with Gasteiger partial charge in [0.25, 0.3) is 0 Å². The number of rotatable bonds is 2. The Morgan fingerprint density at radius 2 is 2.14 bits per heavy atom. The lowest BCUT2D eigenvalue weighted by atomic mass is 9.92. The molecule has 0 bridgehead atoms. The standard InChI is InChI=1S/C12H17NO/c1-9-10(7-8-13-9)11-5-3-4-6-12(11)14-2/h3-6,9-10,13H,7-8H2,1-2H3. The molecule has 1 saturated heterocycles. The molecule has 0 amide bonds. The van der Waals surface area contributed by atoms with Crippen LogP contribution in [0.4, 0.5) is 0 Å². The second-order valence-corrected chi connectivity index (χ2v) is 3.88. The van der Waals surface area contributed by atoms with Gasteiger partial charge in [-0.25, -0.2) is 0 Å². The van der Waals surface area contributed by atoms with Crippen LogP contribution in [0.25, 0.3) is 0 Å². The summed E-state index contributed by atoms with van der Waals surface area (Å²) in [5, 5.41) is 3.46. The highest BCUT2D eigenvalue weighted by atomic mass is 16.5. The summed E-state index contributed by atoms with van der Waals surface area (Å²) in [6, 6.07) is 8.89. The van der Waals surface area contributed by atoms with E-state index in [9.17, 15) is 0 Å². The smallest absolute Gasteiger partial charge is 0.122 e. The Morgan fingerprint density at radius 1 is 1.36 bits per heavy atom. The first-order chi connectivity index (χ1) is 6.83. The van der Waals surface area contributed by atoms with Gasteiger partial charge < -0.3 is 10.1 Å². The minimum absolute atomic E-state index is 0.561. The number of hydrogen-bond donors (Lipinski definition) is 1. The first-order valence-electron chi connectivity index (χ1n) is 5.19. The maximum absolute atomic E-state index is 5.38. The molecule has 76 valence electrons. The lowest BCUT2D eigenvalue weighted by Gasteiger charge is -2.18. The van der Waals surface area contributed by atoms with Gasteiger partial charge in [-0.15, -0.1) is 0 Å². The molecular formula is C12H17NO. The minimum atomic E-state index is 0.561. The molecule has 14 heavy (non-hydrogen) atoms. The third-order valence-corrected chi connectivity index (χ3v) is 3.06. The largest absolute Gasteiger partial charge is 0.496 e. The van der Waals surface area contributed by atoms with Crippen molar-refractivity contribution in [2.24, 2.45) is 0 Å². The summed E-state index contributed by atoms with van der Waals surface area (Å²) in [6.45, 7) is 3.36. The summed E-state index contributed by atoms with van der Waals surface area (Å²) >= 11 is 0. The Bertz CT molecular complexity index is 311. The van der Waals surface area contributed by atoms with E-state index in [2.05, 4.69) is 24.4 Å². The second-order valence-electron chi connectivity index (χ2n) is 3.88. The monoisotopic (exact) mass is 191 g/mol. The highest BCUT2D eigenvalue weighted by molar-refractivity contribution is 5.37. The van der Waals surface area contributed by atoms with Gasteiger partial charge in [-0.3, -0.25) is 0 Å². The fourth-order valence-corrected chi connectivity index (χ4v) is 2.26. The van der Waals surface area contributed by atoms with Crippen molar-refractivity contribution in [3.8, 4) is 5.75 Å². The molecule has 1 heterocycles. The molecule has 2 heteroatoms. The normalized spacial score (nSPS) is 26.4. The number of benzene rings is 1. The molecule has 2 unspecified atom stereocenters. The van der Waals surface area contributed by atoms with Gasteiger partial charge in [-0.2, -0.15) is 0 Å². The number of hydrogen-bond acceptors (Lipinski definition) is 2. The van der Waals surface area contributed by atoms with Crippen molar-refractivity contribution in [3.63, 3.8) is 0 Å². The lowest BCUT2D eigenvalue weighted by molar-refractivity contribution is 0.403. The summed E-state index contributed by atoms with van der Waals surface area (Å²) in [7, 11) is 1.74. The zero-order chi connectivity index (χ0) is 9.97. The molecule has 1 aliphatic heterocycles. The van der Waals surface area contributed by atoms with Crippen molar-refractivity contribution in [1.82, 2.24) is 5.32 Å². The molecule has 1 aromatic carbocycles. The molecule has 0 aromatic heterocycles. The topological polar surface area (TPSA) is 21.3 Å². The molecule has 0 radical (unpaired) electrons. The van der Waals surface area contributed by atoms with Crippen LogP contribution in [0.15, 0.2) is 24.3 Å². The van der Waals surface area contributed by atoms with E-state index in [1.165, 1.54) is 12.0 Å². The third kappa shape index (κ3) is 1.62. The van der Waals surface area contributed by atoms with Crippen LogP contribution < -0.4 is 10.1 Å². The predicted octanol–water partition coefficient (Wildman–Crippen LogP) is 2.16. The van der Waals surface area contributed by atoms with Crippen molar-refractivity contribution in [2.75, 3.05) is 13.7 Å². The molecular weight excluding hydrogens is 174 g/mol. The minimum Gasteiger partial charge on any atom is -0.496 e. The van der Waals surface area contributed by atoms with E-state index in [4.69, 9.17) is 4.74 Å². The fraction of sp³-hybridized carbons (Fsp3) is 0.500. The number of methoxy groups -OCH3 is 1. The molecule has 2 rings (SSSR count). The Labute approximate surface area is 85.3 Å². The molecule has 0 spiro atoms. The Kier molecular flexibility index (Phi) is 2.73. The number of para-hydroxylation sites is 1. The summed E-state index contributed by atoms with van der Waals surface area (Å²) in [5.41, 5.74) is 1.34. The van der Waals surface area contributed by atoms with Crippen molar-refractivity contribution >= 4 is 0 Å². The van der Waals surface area contributed by atoms with Crippen LogP contribution >= 0.6 is 0 Å². The van der Waals surface area contributed by atoms with Crippen molar-refractivity contribution in [3.05, 3.63) is 29.8 Å². The summed E-state index contributed by atoms with van der Waals surface area (Å²) in [6.07, 6.45) is 1.21. The Morgan fingerprint density at radius 3 is 2.79 bits per heavy atom. The van der Waals surface area contributed by atoms with Gasteiger partial charge >= 0.3 is 0 Å². The average molecular weight is 191 g/mol. The molecule has 1 aromatic rings. The van der Waals surface area contributed by atoms with Crippen LogP contribution in [0, 0.1) is 0 Å². The molecule has 1 fully saturated rings. The van der Waals surface area contributed by atoms with Crippen molar-refractivity contribution in [1.29, 1.82) is 0 Å². The van der Waals surface area contributed by atoms with Gasteiger partial charge in [0.2, 0.25) is 0 Å². The quantitative estimate of drug-likeness (QED) is 0.773. The third-order valence-electron chi connectivity index (χ3n) is 3.06. The molecule has 1 N–H and O–H groups in total. The highest BCUT2D eigenvalue weighted by Gasteiger charge is 2.26. The van der Waals surface area contributed by atoms with Crippen molar-refractivity contribution in [2.45, 2.75) is 25.3 Å². The maximum Gasteiger partial charge on any atom is 0.122 e. The number of nitrogens with one attached hydrogen (secondary N) is 1. The van der Waals surface area contributed by atoms with Crippen LogP contribution in [-0.4, -0.2) is 19.7 Å². The van der Waals surface area contributed by atoms with E-state index in [0.29, 0.717) is 12.0 Å². The van der Waals surface area contributed by atoms with Crippen LogP contribution in [0.1, 0.15) is 24.8 Å². The van der Waals surface area contributed by atoms with Gasteiger partial charge in [0, 0.05) is 12.0 Å². The Hall–Kier alpha value is -1.02. The van der Waals surface area contributed by atoms with Crippen LogP contribution in [-0.2, 0) is 0 Å². The first kappa shape index (κ1) is 9.53. The molecule has 0 saturated carbocycles. The maximum atomic E-state index is 5.38. The van der Waals surface area contributed by atoms with Crippen LogP contribution in [0.2, 0.25) is 0 Å². The second kappa shape index (κ2) is 4.01. The average Bonchev–Trinajstić information content (AvgIpc) is 2.64. The van der Waals surface area contributed by atoms with Gasteiger partial charge in [-0.1, -0.05) is 18.2 Å².